The second-order valence-electron chi connectivity index (χ2n) is 3.31. The normalized spacial score (nSPS) is 13.4. The number of hydrogen-bond donors (Lipinski definition) is 1. The van der Waals surface area contributed by atoms with Crippen molar-refractivity contribution in [3.8, 4) is 5.75 Å². The smallest absolute Gasteiger partial charge is 0.222 e. The van der Waals surface area contributed by atoms with Crippen LogP contribution in [-0.2, 0) is 10.0 Å². The first kappa shape index (κ1) is 13.5. The van der Waals surface area contributed by atoms with Crippen LogP contribution in [0.25, 0.3) is 0 Å². The van der Waals surface area contributed by atoms with Crippen LogP contribution in [0.15, 0.2) is 24.3 Å². The van der Waals surface area contributed by atoms with Crippen LogP contribution >= 0.6 is 15.9 Å². The van der Waals surface area contributed by atoms with Crippen molar-refractivity contribution in [2.45, 2.75) is 13.0 Å². The number of benzene rings is 1. The van der Waals surface area contributed by atoms with Gasteiger partial charge in [-0.1, -0.05) is 34.1 Å². The van der Waals surface area contributed by atoms with Gasteiger partial charge in [0.25, 0.3) is 0 Å². The van der Waals surface area contributed by atoms with E-state index in [1.807, 2.05) is 18.2 Å². The molecular weight excluding hydrogens is 294 g/mol. The summed E-state index contributed by atoms with van der Waals surface area (Å²) in [6, 6.07) is 7.00. The first-order valence-corrected chi connectivity index (χ1v) is 7.46. The van der Waals surface area contributed by atoms with Gasteiger partial charge in [0.05, 0.1) is 7.11 Å². The highest BCUT2D eigenvalue weighted by Gasteiger charge is 2.16. The van der Waals surface area contributed by atoms with E-state index in [0.717, 1.165) is 5.56 Å². The van der Waals surface area contributed by atoms with Crippen molar-refractivity contribution < 1.29 is 13.2 Å². The Morgan fingerprint density at radius 1 is 1.44 bits per heavy atom. The van der Waals surface area contributed by atoms with Gasteiger partial charge in [0.15, 0.2) is 0 Å². The van der Waals surface area contributed by atoms with Gasteiger partial charge in [-0.25, -0.2) is 13.1 Å². The number of methoxy groups -OCH3 is 1. The van der Waals surface area contributed by atoms with Crippen molar-refractivity contribution in [3.05, 3.63) is 29.8 Å². The summed E-state index contributed by atoms with van der Waals surface area (Å²) in [4.78, 5) is 0. The van der Waals surface area contributed by atoms with E-state index in [9.17, 15) is 8.42 Å². The molecule has 0 spiro atoms. The number of nitrogens with one attached hydrogen (secondary N) is 1. The molecule has 6 heteroatoms. The van der Waals surface area contributed by atoms with Crippen LogP contribution in [0.4, 0.5) is 0 Å². The Balaban J connectivity index is 2.92. The van der Waals surface area contributed by atoms with Gasteiger partial charge in [0, 0.05) is 11.6 Å². The molecule has 1 unspecified atom stereocenters. The Labute approximate surface area is 104 Å². The Morgan fingerprint density at radius 3 is 2.62 bits per heavy atom. The molecule has 0 amide bonds. The second kappa shape index (κ2) is 5.65. The van der Waals surface area contributed by atoms with E-state index < -0.39 is 10.0 Å². The molecule has 1 atom stereocenters. The third-order valence-corrected chi connectivity index (χ3v) is 4.91. The highest BCUT2D eigenvalue weighted by molar-refractivity contribution is 9.10. The zero-order valence-corrected chi connectivity index (χ0v) is 11.5. The molecule has 0 aromatic heterocycles. The number of halogens is 1. The molecule has 0 bridgehead atoms. The van der Waals surface area contributed by atoms with Crippen molar-refractivity contribution in [3.63, 3.8) is 0 Å². The maximum Gasteiger partial charge on any atom is 0.222 e. The third-order valence-electron chi connectivity index (χ3n) is 2.11. The molecule has 0 heterocycles. The summed E-state index contributed by atoms with van der Waals surface area (Å²) in [5.74, 6) is 0.673. The zero-order chi connectivity index (χ0) is 12.2. The zero-order valence-electron chi connectivity index (χ0n) is 9.10. The third kappa shape index (κ3) is 3.47. The van der Waals surface area contributed by atoms with Crippen molar-refractivity contribution >= 4 is 26.0 Å². The van der Waals surface area contributed by atoms with Crippen LogP contribution in [0.3, 0.4) is 0 Å². The maximum absolute atomic E-state index is 11.4. The number of alkyl halides is 1. The lowest BCUT2D eigenvalue weighted by Crippen LogP contribution is -2.27. The molecule has 0 radical (unpaired) electrons. The standard InChI is InChI=1S/C10H14BrNO3S/c1-8(12-16(13,14)7-11)9-5-3-4-6-10(9)15-2/h3-6,8,12H,7H2,1-2H3. The molecule has 0 saturated carbocycles. The van der Waals surface area contributed by atoms with E-state index in [2.05, 4.69) is 20.7 Å². The summed E-state index contributed by atoms with van der Waals surface area (Å²) in [5, 5.41) is 0. The van der Waals surface area contributed by atoms with Gasteiger partial charge >= 0.3 is 0 Å². The van der Waals surface area contributed by atoms with Gasteiger partial charge < -0.3 is 4.74 Å². The van der Waals surface area contributed by atoms with E-state index in [0.29, 0.717) is 5.75 Å². The van der Waals surface area contributed by atoms with E-state index in [4.69, 9.17) is 4.74 Å². The highest BCUT2D eigenvalue weighted by Crippen LogP contribution is 2.24. The Morgan fingerprint density at radius 2 is 2.06 bits per heavy atom. The molecule has 1 aromatic carbocycles. The van der Waals surface area contributed by atoms with Crippen LogP contribution in [0.5, 0.6) is 5.75 Å². The number of hydrogen-bond acceptors (Lipinski definition) is 3. The summed E-state index contributed by atoms with van der Waals surface area (Å²) in [6.07, 6.45) is 0. The van der Waals surface area contributed by atoms with E-state index in [1.54, 1.807) is 20.1 Å². The number of para-hydroxylation sites is 1. The lowest BCUT2D eigenvalue weighted by molar-refractivity contribution is 0.405. The molecule has 1 aromatic rings. The minimum atomic E-state index is -3.28. The van der Waals surface area contributed by atoms with E-state index >= 15 is 0 Å². The Bertz CT molecular complexity index is 447. The van der Waals surface area contributed by atoms with E-state index in [-0.39, 0.29) is 10.7 Å². The average Bonchev–Trinajstić information content (AvgIpc) is 2.28. The molecule has 0 aliphatic heterocycles. The van der Waals surface area contributed by atoms with Crippen molar-refractivity contribution in [2.75, 3.05) is 11.8 Å². The molecule has 4 nitrogen and oxygen atoms in total. The molecule has 1 rings (SSSR count). The number of rotatable bonds is 5. The van der Waals surface area contributed by atoms with Crippen LogP contribution in [0.1, 0.15) is 18.5 Å². The lowest BCUT2D eigenvalue weighted by Gasteiger charge is -2.16. The lowest BCUT2D eigenvalue weighted by atomic mass is 10.1. The summed E-state index contributed by atoms with van der Waals surface area (Å²) >= 11 is 2.93. The summed E-state index contributed by atoms with van der Waals surface area (Å²) in [5.41, 5.74) is 0.814. The van der Waals surface area contributed by atoms with Crippen LogP contribution < -0.4 is 9.46 Å². The minimum absolute atomic E-state index is 0.112. The predicted octanol–water partition coefficient (Wildman–Crippen LogP) is 2.03. The van der Waals surface area contributed by atoms with Crippen molar-refractivity contribution in [1.29, 1.82) is 0 Å². The molecule has 0 saturated heterocycles. The van der Waals surface area contributed by atoms with Gasteiger partial charge in [0.2, 0.25) is 10.0 Å². The summed E-state index contributed by atoms with van der Waals surface area (Å²) in [7, 11) is -1.72. The van der Waals surface area contributed by atoms with Crippen LogP contribution in [0, 0.1) is 0 Å². The van der Waals surface area contributed by atoms with Gasteiger partial charge in [-0.05, 0) is 13.0 Å². The largest absolute Gasteiger partial charge is 0.496 e. The average molecular weight is 308 g/mol. The van der Waals surface area contributed by atoms with Gasteiger partial charge in [-0.15, -0.1) is 0 Å². The van der Waals surface area contributed by atoms with Crippen molar-refractivity contribution in [2.24, 2.45) is 0 Å². The quantitative estimate of drug-likeness (QED) is 0.847. The summed E-state index contributed by atoms with van der Waals surface area (Å²) < 4.78 is 30.4. The fourth-order valence-electron chi connectivity index (χ4n) is 1.39. The van der Waals surface area contributed by atoms with Gasteiger partial charge in [-0.2, -0.15) is 0 Å². The Kier molecular flexibility index (Phi) is 4.76. The number of ether oxygens (including phenoxy) is 1. The molecule has 90 valence electrons. The van der Waals surface area contributed by atoms with Gasteiger partial charge in [0.1, 0.15) is 10.4 Å². The summed E-state index contributed by atoms with van der Waals surface area (Å²) in [6.45, 7) is 1.78. The Hall–Kier alpha value is -0.590. The minimum Gasteiger partial charge on any atom is -0.496 e. The van der Waals surface area contributed by atoms with E-state index in [1.165, 1.54) is 0 Å². The van der Waals surface area contributed by atoms with Gasteiger partial charge in [-0.3, -0.25) is 0 Å². The SMILES string of the molecule is COc1ccccc1C(C)NS(=O)(=O)CBr. The predicted molar refractivity (Wildman–Crippen MR) is 67.3 cm³/mol. The molecule has 0 fully saturated rings. The van der Waals surface area contributed by atoms with Crippen molar-refractivity contribution in [1.82, 2.24) is 4.72 Å². The molecule has 1 N–H and O–H groups in total. The fourth-order valence-corrected chi connectivity index (χ4v) is 2.51. The topological polar surface area (TPSA) is 55.4 Å². The fraction of sp³-hybridized carbons (Fsp3) is 0.400. The first-order chi connectivity index (χ1) is 7.50. The highest BCUT2D eigenvalue weighted by atomic mass is 79.9. The molecular formula is C10H14BrNO3S. The first-order valence-electron chi connectivity index (χ1n) is 4.69. The molecule has 0 aliphatic carbocycles. The monoisotopic (exact) mass is 307 g/mol. The molecule has 16 heavy (non-hydrogen) atoms. The number of sulfonamides is 1. The van der Waals surface area contributed by atoms with Crippen LogP contribution in [-0.4, -0.2) is 20.2 Å². The second-order valence-corrected chi connectivity index (χ2v) is 6.36. The molecule has 0 aliphatic rings. The van der Waals surface area contributed by atoms with Crippen LogP contribution in [0.2, 0.25) is 0 Å². The maximum atomic E-state index is 11.4.